The topological polar surface area (TPSA) is 205 Å². The summed E-state index contributed by atoms with van der Waals surface area (Å²) >= 11 is 3.68. The lowest BCUT2D eigenvalue weighted by Gasteiger charge is -2.07. The third-order valence-electron chi connectivity index (χ3n) is 5.39. The van der Waals surface area contributed by atoms with E-state index in [-0.39, 0.29) is 28.2 Å². The van der Waals surface area contributed by atoms with Gasteiger partial charge in [-0.25, -0.2) is 15.0 Å². The van der Waals surface area contributed by atoms with Gasteiger partial charge >= 0.3 is 0 Å². The first-order valence-electron chi connectivity index (χ1n) is 11.0. The maximum atomic E-state index is 11.2. The Hall–Kier alpha value is -5.20. The molecule has 0 aliphatic carbocycles. The molecular weight excluding hydrogens is 583 g/mol. The number of aromatic nitrogens is 3. The Morgan fingerprint density at radius 3 is 1.45 bits per heavy atom. The lowest BCUT2D eigenvalue weighted by Crippen LogP contribution is -2.21. The maximum absolute atomic E-state index is 11.2. The first-order valence-corrected chi connectivity index (χ1v) is 13.4. The molecule has 18 heteroatoms. The Morgan fingerprint density at radius 1 is 0.625 bits per heavy atom. The Morgan fingerprint density at radius 2 is 1.02 bits per heavy atom. The van der Waals surface area contributed by atoms with Crippen LogP contribution in [0.2, 0.25) is 0 Å². The Balaban J connectivity index is 1.38. The summed E-state index contributed by atoms with van der Waals surface area (Å²) < 4.78 is 2.09. The molecule has 3 aromatic carbocycles. The molecule has 3 aromatic heterocycles. The van der Waals surface area contributed by atoms with Crippen LogP contribution in [0.25, 0.3) is 30.6 Å². The van der Waals surface area contributed by atoms with Crippen LogP contribution in [-0.2, 0) is 0 Å². The molecule has 0 unspecified atom stereocenters. The molecule has 0 atom stereocenters. The molecule has 0 bridgehead atoms. The summed E-state index contributed by atoms with van der Waals surface area (Å²) in [6, 6.07) is 13.0. The van der Waals surface area contributed by atoms with Crippen molar-refractivity contribution in [2.45, 2.75) is 0 Å². The highest BCUT2D eigenvalue weighted by atomic mass is 32.1. The van der Waals surface area contributed by atoms with Gasteiger partial charge in [-0.2, -0.15) is 4.99 Å². The fraction of sp³-hybridized carbons (Fsp3) is 0. The molecule has 0 spiro atoms. The number of fused-ring (bicyclic) bond motifs is 3. The van der Waals surface area contributed by atoms with Crippen LogP contribution < -0.4 is 10.6 Å². The second kappa shape index (κ2) is 9.84. The van der Waals surface area contributed by atoms with E-state index in [9.17, 15) is 30.3 Å². The van der Waals surface area contributed by atoms with E-state index in [2.05, 4.69) is 30.6 Å². The molecule has 15 nitrogen and oxygen atoms in total. The third kappa shape index (κ3) is 4.96. The molecule has 0 aliphatic heterocycles. The van der Waals surface area contributed by atoms with Crippen molar-refractivity contribution in [2.75, 3.05) is 10.6 Å². The van der Waals surface area contributed by atoms with Gasteiger partial charge in [0.2, 0.25) is 11.1 Å². The minimum absolute atomic E-state index is 0.0940. The maximum Gasteiger partial charge on any atom is 0.271 e. The van der Waals surface area contributed by atoms with Crippen molar-refractivity contribution in [2.24, 2.45) is 4.99 Å². The van der Waals surface area contributed by atoms with E-state index in [1.807, 2.05) is 0 Å². The monoisotopic (exact) mass is 593 g/mol. The van der Waals surface area contributed by atoms with Crippen LogP contribution >= 0.6 is 34.0 Å². The zero-order valence-electron chi connectivity index (χ0n) is 19.5. The minimum Gasteiger partial charge on any atom is -0.301 e. The highest BCUT2D eigenvalue weighted by molar-refractivity contribution is 7.23. The molecule has 0 radical (unpaired) electrons. The first kappa shape index (κ1) is 25.1. The second-order valence-electron chi connectivity index (χ2n) is 7.97. The van der Waals surface area contributed by atoms with Crippen LogP contribution in [0.15, 0.2) is 59.6 Å². The first-order chi connectivity index (χ1) is 19.2. The number of benzene rings is 3. The zero-order chi connectivity index (χ0) is 28.0. The molecule has 0 saturated heterocycles. The fourth-order valence-electron chi connectivity index (χ4n) is 3.62. The minimum atomic E-state index is -0.509. The van der Waals surface area contributed by atoms with Gasteiger partial charge in [0.25, 0.3) is 17.1 Å². The number of anilines is 2. The van der Waals surface area contributed by atoms with Crippen LogP contribution in [0.1, 0.15) is 0 Å². The number of non-ortho nitro benzene ring substituents is 3. The van der Waals surface area contributed by atoms with Crippen molar-refractivity contribution in [1.29, 1.82) is 0 Å². The molecule has 6 aromatic rings. The third-order valence-corrected chi connectivity index (χ3v) is 8.23. The molecular formula is C22H11N9O6S3. The summed E-state index contributed by atoms with van der Waals surface area (Å²) in [7, 11) is 0. The summed E-state index contributed by atoms with van der Waals surface area (Å²) in [5.41, 5.74) is 0.946. The van der Waals surface area contributed by atoms with Gasteiger partial charge < -0.3 is 10.6 Å². The average molecular weight is 594 g/mol. The number of hydrogen-bond donors (Lipinski definition) is 2. The van der Waals surface area contributed by atoms with E-state index in [0.717, 1.165) is 0 Å². The smallest absolute Gasteiger partial charge is 0.271 e. The second-order valence-corrected chi connectivity index (χ2v) is 11.0. The number of rotatable bonds is 6. The van der Waals surface area contributed by atoms with Gasteiger partial charge in [-0.15, -0.1) is 0 Å². The average Bonchev–Trinajstić information content (AvgIpc) is 3.62. The summed E-state index contributed by atoms with van der Waals surface area (Å²) in [4.78, 5) is 49.7. The molecule has 0 saturated carbocycles. The fourth-order valence-corrected chi connectivity index (χ4v) is 6.13. The van der Waals surface area contributed by atoms with Crippen LogP contribution in [0.3, 0.4) is 0 Å². The molecule has 0 aliphatic rings. The summed E-state index contributed by atoms with van der Waals surface area (Å²) in [6.45, 7) is 0. The van der Waals surface area contributed by atoms with Gasteiger partial charge in [0.1, 0.15) is 0 Å². The van der Waals surface area contributed by atoms with E-state index in [1.165, 1.54) is 70.4 Å². The summed E-state index contributed by atoms with van der Waals surface area (Å²) in [5, 5.41) is 40.6. The standard InChI is InChI=1S/C22H11N9O6S3/c32-29(33)10-1-4-16-13(7-10)23-20(38-16)26-19(27-21-24-14-8-11(30(34)35)2-5-17(14)39-21)28-22-25-15-9-12(31(36)37)3-6-18(15)40-22/h1-9H,(H2,23,24,25,26,27,28). The SMILES string of the molecule is O=[N+]([O-])c1ccc2sc(N=C(Nc3nc4cc([N+](=O)[O-])ccc4s3)Nc3nc4cc([N+](=O)[O-])ccc4s3)nc2c1. The number of guanidine groups is 1. The van der Waals surface area contributed by atoms with Crippen LogP contribution in [0.5, 0.6) is 0 Å². The van der Waals surface area contributed by atoms with Crippen molar-refractivity contribution in [3.05, 3.63) is 84.9 Å². The van der Waals surface area contributed by atoms with E-state index >= 15 is 0 Å². The highest BCUT2D eigenvalue weighted by Gasteiger charge is 2.16. The normalized spacial score (nSPS) is 11.1. The van der Waals surface area contributed by atoms with Crippen LogP contribution in [-0.4, -0.2) is 35.7 Å². The van der Waals surface area contributed by atoms with E-state index in [1.54, 1.807) is 18.2 Å². The molecule has 40 heavy (non-hydrogen) atoms. The highest BCUT2D eigenvalue weighted by Crippen LogP contribution is 2.33. The number of hydrogen-bond acceptors (Lipinski definition) is 13. The van der Waals surface area contributed by atoms with Crippen molar-refractivity contribution < 1.29 is 14.8 Å². The largest absolute Gasteiger partial charge is 0.301 e. The van der Waals surface area contributed by atoms with Crippen LogP contribution in [0.4, 0.5) is 32.5 Å². The molecule has 0 fully saturated rings. The lowest BCUT2D eigenvalue weighted by molar-refractivity contribution is -0.384. The van der Waals surface area contributed by atoms with Crippen molar-refractivity contribution in [3.8, 4) is 0 Å². The van der Waals surface area contributed by atoms with E-state index < -0.39 is 14.8 Å². The predicted molar refractivity (Wildman–Crippen MR) is 153 cm³/mol. The summed E-state index contributed by atoms with van der Waals surface area (Å²) in [5.74, 6) is 0.149. The molecule has 3 heterocycles. The van der Waals surface area contributed by atoms with E-state index in [0.29, 0.717) is 40.9 Å². The number of nitrogens with one attached hydrogen (secondary N) is 2. The van der Waals surface area contributed by atoms with Gasteiger partial charge in [0.15, 0.2) is 10.3 Å². The van der Waals surface area contributed by atoms with Gasteiger partial charge in [-0.05, 0) is 18.2 Å². The number of aliphatic imine (C=N–C) groups is 1. The molecule has 6 rings (SSSR count). The van der Waals surface area contributed by atoms with Crippen molar-refractivity contribution in [3.63, 3.8) is 0 Å². The number of nitro groups is 3. The Kier molecular flexibility index (Phi) is 6.17. The van der Waals surface area contributed by atoms with Gasteiger partial charge in [0, 0.05) is 36.4 Å². The van der Waals surface area contributed by atoms with Crippen molar-refractivity contribution in [1.82, 2.24) is 15.0 Å². The Bertz CT molecular complexity index is 1940. The van der Waals surface area contributed by atoms with Gasteiger partial charge in [0.05, 0.1) is 45.4 Å². The summed E-state index contributed by atoms with van der Waals surface area (Å²) in [6.07, 6.45) is 0. The molecule has 0 amide bonds. The zero-order valence-corrected chi connectivity index (χ0v) is 22.0. The van der Waals surface area contributed by atoms with Gasteiger partial charge in [-0.3, -0.25) is 30.3 Å². The molecule has 2 N–H and O–H groups in total. The van der Waals surface area contributed by atoms with Gasteiger partial charge in [-0.1, -0.05) is 34.0 Å². The van der Waals surface area contributed by atoms with Crippen molar-refractivity contribution >= 4 is 103 Å². The number of nitrogens with zero attached hydrogens (tertiary/aromatic N) is 7. The van der Waals surface area contributed by atoms with E-state index in [4.69, 9.17) is 0 Å². The predicted octanol–water partition coefficient (Wildman–Crippen LogP) is 6.45. The number of nitro benzene ring substituents is 3. The lowest BCUT2D eigenvalue weighted by atomic mass is 10.3. The molecule has 198 valence electrons. The van der Waals surface area contributed by atoms with Crippen LogP contribution in [0, 0.1) is 30.3 Å². The Labute approximate surface area is 232 Å². The number of thiazole rings is 3. The quantitative estimate of drug-likeness (QED) is 0.0928.